The molecule has 0 saturated carbocycles. The number of hydrogen-bond donors (Lipinski definition) is 1. The van der Waals surface area contributed by atoms with Crippen LogP contribution in [0.25, 0.3) is 0 Å². The molecule has 1 N–H and O–H groups in total. The molecule has 1 aliphatic heterocycles. The van der Waals surface area contributed by atoms with Gasteiger partial charge in [0.25, 0.3) is 0 Å². The minimum atomic E-state index is 0.505. The molecule has 1 aromatic rings. The zero-order valence-electron chi connectivity index (χ0n) is 13.1. The first-order valence-electron chi connectivity index (χ1n) is 8.13. The van der Waals surface area contributed by atoms with E-state index in [0.717, 1.165) is 24.6 Å². The predicted octanol–water partition coefficient (Wildman–Crippen LogP) is 3.66. The van der Waals surface area contributed by atoms with Crippen molar-refractivity contribution in [3.63, 3.8) is 0 Å². The fraction of sp³-hybridized carbons (Fsp3) is 0.812. The largest absolute Gasteiger partial charge is 0.313 e. The van der Waals surface area contributed by atoms with Crippen LogP contribution in [0.15, 0.2) is 12.3 Å². The van der Waals surface area contributed by atoms with Gasteiger partial charge in [0.05, 0.1) is 5.69 Å². The Bertz CT molecular complexity index is 385. The molecule has 0 spiro atoms. The SMILES string of the molecule is CCNC(Cc1ccn(C(C)CC)n1)C1CCCCS1. The van der Waals surface area contributed by atoms with Gasteiger partial charge in [0.1, 0.15) is 0 Å². The van der Waals surface area contributed by atoms with E-state index in [2.05, 4.69) is 54.8 Å². The van der Waals surface area contributed by atoms with Gasteiger partial charge in [-0.2, -0.15) is 16.9 Å². The zero-order valence-corrected chi connectivity index (χ0v) is 14.0. The number of likely N-dealkylation sites (N-methyl/N-ethyl adjacent to an activating group) is 1. The number of rotatable bonds is 7. The van der Waals surface area contributed by atoms with Gasteiger partial charge in [0.2, 0.25) is 0 Å². The monoisotopic (exact) mass is 295 g/mol. The Hall–Kier alpha value is -0.480. The van der Waals surface area contributed by atoms with Crippen molar-refractivity contribution in [1.82, 2.24) is 15.1 Å². The summed E-state index contributed by atoms with van der Waals surface area (Å²) < 4.78 is 2.12. The van der Waals surface area contributed by atoms with Crippen LogP contribution in [0.2, 0.25) is 0 Å². The van der Waals surface area contributed by atoms with E-state index in [-0.39, 0.29) is 0 Å². The second-order valence-corrected chi connectivity index (χ2v) is 7.16. The lowest BCUT2D eigenvalue weighted by Crippen LogP contribution is -2.41. The molecule has 114 valence electrons. The van der Waals surface area contributed by atoms with Gasteiger partial charge in [-0.15, -0.1) is 0 Å². The Labute approximate surface area is 127 Å². The molecule has 3 unspecified atom stereocenters. The van der Waals surface area contributed by atoms with E-state index in [1.807, 2.05) is 0 Å². The van der Waals surface area contributed by atoms with Crippen molar-refractivity contribution in [3.05, 3.63) is 18.0 Å². The molecule has 0 bridgehead atoms. The minimum Gasteiger partial charge on any atom is -0.313 e. The fourth-order valence-corrected chi connectivity index (χ4v) is 4.26. The number of thioether (sulfide) groups is 1. The van der Waals surface area contributed by atoms with E-state index in [1.165, 1.54) is 30.7 Å². The molecule has 4 heteroatoms. The summed E-state index contributed by atoms with van der Waals surface area (Å²) in [7, 11) is 0. The molecule has 3 atom stereocenters. The maximum absolute atomic E-state index is 4.77. The number of hydrogen-bond acceptors (Lipinski definition) is 3. The Morgan fingerprint density at radius 2 is 2.30 bits per heavy atom. The van der Waals surface area contributed by atoms with Gasteiger partial charge in [-0.25, -0.2) is 0 Å². The van der Waals surface area contributed by atoms with Crippen LogP contribution in [0, 0.1) is 0 Å². The lowest BCUT2D eigenvalue weighted by Gasteiger charge is -2.30. The molecule has 1 aromatic heterocycles. The summed E-state index contributed by atoms with van der Waals surface area (Å²) in [5, 5.41) is 9.21. The highest BCUT2D eigenvalue weighted by Crippen LogP contribution is 2.28. The third-order valence-electron chi connectivity index (χ3n) is 4.27. The van der Waals surface area contributed by atoms with Crippen LogP contribution in [0.5, 0.6) is 0 Å². The van der Waals surface area contributed by atoms with Gasteiger partial charge in [-0.05, 0) is 44.6 Å². The third-order valence-corrected chi connectivity index (χ3v) is 5.78. The summed E-state index contributed by atoms with van der Waals surface area (Å²) in [6.07, 6.45) is 8.48. The number of nitrogens with one attached hydrogen (secondary N) is 1. The molecule has 20 heavy (non-hydrogen) atoms. The molecule has 0 aliphatic carbocycles. The molecule has 2 heterocycles. The van der Waals surface area contributed by atoms with Crippen molar-refractivity contribution in [2.75, 3.05) is 12.3 Å². The van der Waals surface area contributed by atoms with Crippen LogP contribution < -0.4 is 5.32 Å². The lowest BCUT2D eigenvalue weighted by atomic mass is 10.0. The first-order chi connectivity index (χ1) is 9.74. The lowest BCUT2D eigenvalue weighted by molar-refractivity contribution is 0.450. The third kappa shape index (κ3) is 4.26. The summed E-state index contributed by atoms with van der Waals surface area (Å²) >= 11 is 2.15. The normalized spacial score (nSPS) is 22.6. The topological polar surface area (TPSA) is 29.9 Å². The minimum absolute atomic E-state index is 0.505. The van der Waals surface area contributed by atoms with Gasteiger partial charge in [0, 0.05) is 30.0 Å². The molecular weight excluding hydrogens is 266 g/mol. The van der Waals surface area contributed by atoms with E-state index in [1.54, 1.807) is 0 Å². The highest BCUT2D eigenvalue weighted by atomic mass is 32.2. The Balaban J connectivity index is 1.97. The average Bonchev–Trinajstić information content (AvgIpc) is 2.95. The molecular formula is C16H29N3S. The molecule has 1 aliphatic rings. The van der Waals surface area contributed by atoms with Crippen molar-refractivity contribution in [3.8, 4) is 0 Å². The Morgan fingerprint density at radius 3 is 2.95 bits per heavy atom. The first-order valence-corrected chi connectivity index (χ1v) is 9.18. The quantitative estimate of drug-likeness (QED) is 0.832. The molecule has 0 radical (unpaired) electrons. The van der Waals surface area contributed by atoms with Crippen LogP contribution in [0.3, 0.4) is 0 Å². The maximum Gasteiger partial charge on any atom is 0.0640 e. The van der Waals surface area contributed by atoms with E-state index in [0.29, 0.717) is 12.1 Å². The van der Waals surface area contributed by atoms with E-state index < -0.39 is 0 Å². The van der Waals surface area contributed by atoms with Crippen LogP contribution in [-0.4, -0.2) is 33.4 Å². The molecule has 2 rings (SSSR count). The Morgan fingerprint density at radius 1 is 1.45 bits per heavy atom. The van der Waals surface area contributed by atoms with Crippen molar-refractivity contribution in [1.29, 1.82) is 0 Å². The van der Waals surface area contributed by atoms with Crippen molar-refractivity contribution in [2.24, 2.45) is 0 Å². The van der Waals surface area contributed by atoms with Gasteiger partial charge in [0.15, 0.2) is 0 Å². The molecule has 0 aromatic carbocycles. The van der Waals surface area contributed by atoms with Crippen molar-refractivity contribution < 1.29 is 0 Å². The predicted molar refractivity (Wildman–Crippen MR) is 88.5 cm³/mol. The smallest absolute Gasteiger partial charge is 0.0640 e. The molecule has 1 saturated heterocycles. The highest BCUT2D eigenvalue weighted by Gasteiger charge is 2.24. The van der Waals surface area contributed by atoms with Gasteiger partial charge in [-0.1, -0.05) is 20.3 Å². The Kier molecular flexibility index (Phi) is 6.43. The van der Waals surface area contributed by atoms with Gasteiger partial charge < -0.3 is 5.32 Å². The second kappa shape index (κ2) is 8.08. The summed E-state index contributed by atoms with van der Waals surface area (Å²) in [5.41, 5.74) is 1.24. The van der Waals surface area contributed by atoms with E-state index in [4.69, 9.17) is 5.10 Å². The van der Waals surface area contributed by atoms with E-state index in [9.17, 15) is 0 Å². The van der Waals surface area contributed by atoms with Crippen molar-refractivity contribution >= 4 is 11.8 Å². The molecule has 0 amide bonds. The van der Waals surface area contributed by atoms with Crippen LogP contribution in [0.1, 0.15) is 58.2 Å². The first kappa shape index (κ1) is 15.9. The standard InChI is InChI=1S/C16H29N3S/c1-4-13(3)19-10-9-14(18-19)12-15(17-5-2)16-8-6-7-11-20-16/h9-10,13,15-17H,4-8,11-12H2,1-3H3. The molecule has 1 fully saturated rings. The second-order valence-electron chi connectivity index (χ2n) is 5.82. The average molecular weight is 295 g/mol. The molecule has 3 nitrogen and oxygen atoms in total. The van der Waals surface area contributed by atoms with E-state index >= 15 is 0 Å². The maximum atomic E-state index is 4.77. The zero-order chi connectivity index (χ0) is 14.4. The van der Waals surface area contributed by atoms with Crippen molar-refractivity contribution in [2.45, 2.75) is 70.2 Å². The van der Waals surface area contributed by atoms with Crippen LogP contribution in [-0.2, 0) is 6.42 Å². The van der Waals surface area contributed by atoms with Gasteiger partial charge >= 0.3 is 0 Å². The fourth-order valence-electron chi connectivity index (χ4n) is 2.82. The summed E-state index contributed by atoms with van der Waals surface area (Å²) in [6.45, 7) is 7.70. The highest BCUT2D eigenvalue weighted by molar-refractivity contribution is 8.00. The number of aromatic nitrogens is 2. The van der Waals surface area contributed by atoms with Crippen LogP contribution >= 0.6 is 11.8 Å². The summed E-state index contributed by atoms with van der Waals surface area (Å²) in [5.74, 6) is 1.33. The number of nitrogens with zero attached hydrogens (tertiary/aromatic N) is 2. The summed E-state index contributed by atoms with van der Waals surface area (Å²) in [4.78, 5) is 0. The van der Waals surface area contributed by atoms with Crippen LogP contribution in [0.4, 0.5) is 0 Å². The summed E-state index contributed by atoms with van der Waals surface area (Å²) in [6, 6.07) is 3.28. The van der Waals surface area contributed by atoms with Gasteiger partial charge in [-0.3, -0.25) is 4.68 Å².